The minimum Gasteiger partial charge on any atom is -0.324 e. The molecule has 1 amide bonds. The Morgan fingerprint density at radius 1 is 1.44 bits per heavy atom. The number of hydrogen-bond acceptors (Lipinski definition) is 3. The number of carbonyl (C=O) groups excluding carboxylic acids is 1. The van der Waals surface area contributed by atoms with E-state index >= 15 is 0 Å². The van der Waals surface area contributed by atoms with Crippen molar-refractivity contribution in [1.29, 1.82) is 0 Å². The van der Waals surface area contributed by atoms with Crippen LogP contribution in [-0.2, 0) is 4.79 Å². The van der Waals surface area contributed by atoms with Gasteiger partial charge in [-0.05, 0) is 46.0 Å². The number of hydrogen-bond donors (Lipinski definition) is 1. The highest BCUT2D eigenvalue weighted by atomic mass is 16.2. The van der Waals surface area contributed by atoms with Crippen molar-refractivity contribution < 1.29 is 4.79 Å². The monoisotopic (exact) mass is 247 g/mol. The van der Waals surface area contributed by atoms with Gasteiger partial charge >= 0.3 is 0 Å². The Hall–Kier alpha value is -1.42. The zero-order chi connectivity index (χ0) is 13.2. The molecule has 1 N–H and O–H groups in total. The second kappa shape index (κ2) is 5.06. The number of amides is 1. The molecule has 2 rings (SSSR count). The molecule has 1 spiro atoms. The van der Waals surface area contributed by atoms with E-state index in [1.165, 1.54) is 0 Å². The molecule has 0 saturated carbocycles. The quantitative estimate of drug-likeness (QED) is 0.755. The second-order valence-electron chi connectivity index (χ2n) is 5.17. The summed E-state index contributed by atoms with van der Waals surface area (Å²) in [7, 11) is 2.10. The Morgan fingerprint density at radius 3 is 2.67 bits per heavy atom. The first-order valence-corrected chi connectivity index (χ1v) is 6.45. The van der Waals surface area contributed by atoms with E-state index in [1.54, 1.807) is 12.3 Å². The summed E-state index contributed by atoms with van der Waals surface area (Å²) in [5.41, 5.74) is 1.46. The van der Waals surface area contributed by atoms with Gasteiger partial charge in [0.05, 0.1) is 16.8 Å². The van der Waals surface area contributed by atoms with E-state index in [0.29, 0.717) is 0 Å². The van der Waals surface area contributed by atoms with Crippen LogP contribution in [0.5, 0.6) is 0 Å². The molecule has 0 aromatic carbocycles. The van der Waals surface area contributed by atoms with Crippen LogP contribution in [0.2, 0.25) is 0 Å². The molecule has 0 radical (unpaired) electrons. The van der Waals surface area contributed by atoms with Gasteiger partial charge < -0.3 is 10.2 Å². The smallest absolute Gasteiger partial charge is 0.231 e. The molecule has 2 heterocycles. The Bertz CT molecular complexity index is 415. The molecule has 0 unspecified atom stereocenters. The minimum atomic E-state index is -0.263. The Labute approximate surface area is 108 Å². The van der Waals surface area contributed by atoms with E-state index < -0.39 is 0 Å². The van der Waals surface area contributed by atoms with Gasteiger partial charge in [-0.15, -0.1) is 0 Å². The van der Waals surface area contributed by atoms with Crippen molar-refractivity contribution in [3.8, 4) is 0 Å². The van der Waals surface area contributed by atoms with Gasteiger partial charge in [-0.2, -0.15) is 0 Å². The van der Waals surface area contributed by atoms with Crippen LogP contribution in [0, 0.1) is 5.41 Å². The fourth-order valence-corrected chi connectivity index (χ4v) is 2.71. The lowest BCUT2D eigenvalue weighted by molar-refractivity contribution is -0.133. The number of rotatable bonds is 2. The number of piperidine rings is 1. The zero-order valence-electron chi connectivity index (χ0n) is 11.2. The number of likely N-dealkylation sites (tertiary alicyclic amines) is 1. The molecule has 0 aromatic rings. The maximum Gasteiger partial charge on any atom is 0.231 e. The standard InChI is InChI=1S/C14H21N3O/c1-4-11-12(15-5-2)10-14(13(18)16-11)6-8-17(3)9-7-14/h4-5H,1,6-10H2,2-3H3,(H,16,18). The predicted molar refractivity (Wildman–Crippen MR) is 73.3 cm³/mol. The van der Waals surface area contributed by atoms with Crippen molar-refractivity contribution in [2.75, 3.05) is 20.1 Å². The summed E-state index contributed by atoms with van der Waals surface area (Å²) in [6.07, 6.45) is 6.00. The van der Waals surface area contributed by atoms with Crippen molar-refractivity contribution in [2.24, 2.45) is 10.4 Å². The molecule has 2 aliphatic heterocycles. The average Bonchev–Trinajstić information content (AvgIpc) is 2.37. The van der Waals surface area contributed by atoms with E-state index in [2.05, 4.69) is 28.8 Å². The van der Waals surface area contributed by atoms with Crippen molar-refractivity contribution in [2.45, 2.75) is 26.2 Å². The molecule has 0 bridgehead atoms. The number of aliphatic imine (C=N–C) groups is 1. The molecule has 2 aliphatic rings. The summed E-state index contributed by atoms with van der Waals surface area (Å²) in [5.74, 6) is 0.139. The average molecular weight is 247 g/mol. The molecule has 0 atom stereocenters. The van der Waals surface area contributed by atoms with Gasteiger partial charge in [0, 0.05) is 12.6 Å². The van der Waals surface area contributed by atoms with E-state index in [-0.39, 0.29) is 11.3 Å². The molecular weight excluding hydrogens is 226 g/mol. The molecule has 1 fully saturated rings. The van der Waals surface area contributed by atoms with E-state index in [4.69, 9.17) is 0 Å². The highest BCUT2D eigenvalue weighted by molar-refractivity contribution is 5.87. The van der Waals surface area contributed by atoms with Crippen LogP contribution in [0.25, 0.3) is 0 Å². The first-order valence-electron chi connectivity index (χ1n) is 6.45. The van der Waals surface area contributed by atoms with Crippen LogP contribution >= 0.6 is 0 Å². The highest BCUT2D eigenvalue weighted by Crippen LogP contribution is 2.41. The lowest BCUT2D eigenvalue weighted by Crippen LogP contribution is -2.50. The summed E-state index contributed by atoms with van der Waals surface area (Å²) in [5, 5.41) is 2.97. The molecule has 0 aliphatic carbocycles. The zero-order valence-corrected chi connectivity index (χ0v) is 11.2. The maximum atomic E-state index is 12.3. The number of nitrogens with one attached hydrogen (secondary N) is 1. The van der Waals surface area contributed by atoms with Gasteiger partial charge in [-0.25, -0.2) is 0 Å². The summed E-state index contributed by atoms with van der Waals surface area (Å²) in [4.78, 5) is 19.0. The van der Waals surface area contributed by atoms with Crippen molar-refractivity contribution >= 4 is 12.1 Å². The van der Waals surface area contributed by atoms with Gasteiger partial charge in [0.2, 0.25) is 5.91 Å². The topological polar surface area (TPSA) is 44.7 Å². The maximum absolute atomic E-state index is 12.3. The Morgan fingerprint density at radius 2 is 2.11 bits per heavy atom. The molecule has 0 aromatic heterocycles. The third kappa shape index (κ3) is 2.25. The first-order chi connectivity index (χ1) is 8.61. The minimum absolute atomic E-state index is 0.139. The van der Waals surface area contributed by atoms with Gasteiger partial charge in [0.15, 0.2) is 0 Å². The van der Waals surface area contributed by atoms with Crippen molar-refractivity contribution in [3.63, 3.8) is 0 Å². The SMILES string of the molecule is C=CC1=C(N=CC)CC2(CCN(C)CC2)C(=O)N1. The third-order valence-electron chi connectivity index (χ3n) is 3.98. The summed E-state index contributed by atoms with van der Waals surface area (Å²) >= 11 is 0. The van der Waals surface area contributed by atoms with Gasteiger partial charge in [-0.1, -0.05) is 6.58 Å². The third-order valence-corrected chi connectivity index (χ3v) is 3.98. The van der Waals surface area contributed by atoms with Crippen LogP contribution in [0.15, 0.2) is 29.0 Å². The van der Waals surface area contributed by atoms with Crippen molar-refractivity contribution in [1.82, 2.24) is 10.2 Å². The van der Waals surface area contributed by atoms with E-state index in [9.17, 15) is 4.79 Å². The van der Waals surface area contributed by atoms with Crippen LogP contribution in [0.4, 0.5) is 0 Å². The predicted octanol–water partition coefficient (Wildman–Crippen LogP) is 1.71. The van der Waals surface area contributed by atoms with Crippen LogP contribution < -0.4 is 5.32 Å². The molecule has 4 heteroatoms. The van der Waals surface area contributed by atoms with Crippen molar-refractivity contribution in [3.05, 3.63) is 24.0 Å². The van der Waals surface area contributed by atoms with Gasteiger partial charge in [0.25, 0.3) is 0 Å². The largest absolute Gasteiger partial charge is 0.324 e. The lowest BCUT2D eigenvalue weighted by Gasteiger charge is -2.42. The van der Waals surface area contributed by atoms with E-state index in [1.807, 2.05) is 6.92 Å². The highest BCUT2D eigenvalue weighted by Gasteiger charge is 2.44. The normalized spacial score (nSPS) is 24.7. The van der Waals surface area contributed by atoms with Gasteiger partial charge in [0.1, 0.15) is 0 Å². The first kappa shape index (κ1) is 13.0. The van der Waals surface area contributed by atoms with Gasteiger partial charge in [-0.3, -0.25) is 9.79 Å². The molecule has 4 nitrogen and oxygen atoms in total. The summed E-state index contributed by atoms with van der Waals surface area (Å²) < 4.78 is 0. The summed E-state index contributed by atoms with van der Waals surface area (Å²) in [6, 6.07) is 0. The Balaban J connectivity index is 2.28. The lowest BCUT2D eigenvalue weighted by atomic mass is 9.72. The second-order valence-corrected chi connectivity index (χ2v) is 5.17. The van der Waals surface area contributed by atoms with Crippen LogP contribution in [0.1, 0.15) is 26.2 Å². The fourth-order valence-electron chi connectivity index (χ4n) is 2.71. The van der Waals surface area contributed by atoms with Crippen LogP contribution in [-0.4, -0.2) is 37.2 Å². The Kier molecular flexibility index (Phi) is 3.66. The number of allylic oxidation sites excluding steroid dienone is 2. The molecule has 98 valence electrons. The molecule has 18 heavy (non-hydrogen) atoms. The number of nitrogens with zero attached hydrogens (tertiary/aromatic N) is 2. The summed E-state index contributed by atoms with van der Waals surface area (Å²) in [6.45, 7) is 7.58. The number of carbonyl (C=O) groups is 1. The van der Waals surface area contributed by atoms with Crippen LogP contribution in [0.3, 0.4) is 0 Å². The van der Waals surface area contributed by atoms with E-state index in [0.717, 1.165) is 43.7 Å². The molecular formula is C14H21N3O. The fraction of sp³-hybridized carbons (Fsp3) is 0.571. The molecule has 1 saturated heterocycles.